The minimum atomic E-state index is -2.87. The van der Waals surface area contributed by atoms with Crippen LogP contribution >= 0.6 is 0 Å². The van der Waals surface area contributed by atoms with Crippen LogP contribution in [0.5, 0.6) is 5.75 Å². The highest BCUT2D eigenvalue weighted by atomic mass is 19.3. The van der Waals surface area contributed by atoms with Gasteiger partial charge in [0.1, 0.15) is 5.75 Å². The lowest BCUT2D eigenvalue weighted by Gasteiger charge is -2.26. The molecule has 0 aliphatic carbocycles. The van der Waals surface area contributed by atoms with Crippen LogP contribution < -0.4 is 10.1 Å². The van der Waals surface area contributed by atoms with Crippen molar-refractivity contribution in [1.82, 2.24) is 5.32 Å². The maximum atomic E-state index is 12.1. The van der Waals surface area contributed by atoms with E-state index in [1.54, 1.807) is 26.0 Å². The summed E-state index contributed by atoms with van der Waals surface area (Å²) in [6.45, 7) is 0.794. The highest BCUT2D eigenvalue weighted by Gasteiger charge is 2.34. The first kappa shape index (κ1) is 19.9. The molecule has 1 aromatic carbocycles. The summed E-state index contributed by atoms with van der Waals surface area (Å²) >= 11 is 0. The van der Waals surface area contributed by atoms with E-state index in [9.17, 15) is 23.5 Å². The first-order chi connectivity index (χ1) is 11.3. The number of carbonyl (C=O) groups excluding carboxylic acids is 1. The predicted molar refractivity (Wildman–Crippen MR) is 85.1 cm³/mol. The number of amides is 1. The SMILES string of the molecule is CCC(CC)(CNC(=O)CCc1ccc(OC(F)F)cc1)C(=O)O. The zero-order chi connectivity index (χ0) is 18.2. The van der Waals surface area contributed by atoms with Gasteiger partial charge in [-0.3, -0.25) is 9.59 Å². The number of carboxylic acids is 1. The van der Waals surface area contributed by atoms with Gasteiger partial charge >= 0.3 is 12.6 Å². The molecule has 1 amide bonds. The van der Waals surface area contributed by atoms with E-state index >= 15 is 0 Å². The number of nitrogens with one attached hydrogen (secondary N) is 1. The molecule has 0 aromatic heterocycles. The zero-order valence-corrected chi connectivity index (χ0v) is 13.9. The van der Waals surface area contributed by atoms with Gasteiger partial charge in [0, 0.05) is 13.0 Å². The second-order valence-corrected chi connectivity index (χ2v) is 5.59. The Morgan fingerprint density at radius 1 is 1.21 bits per heavy atom. The van der Waals surface area contributed by atoms with Crippen molar-refractivity contribution in [2.24, 2.45) is 5.41 Å². The Bertz CT molecular complexity index is 542. The summed E-state index contributed by atoms with van der Waals surface area (Å²) < 4.78 is 28.4. The van der Waals surface area contributed by atoms with Gasteiger partial charge in [-0.15, -0.1) is 0 Å². The number of aliphatic carboxylic acids is 1. The largest absolute Gasteiger partial charge is 0.481 e. The minimum absolute atomic E-state index is 0.0651. The predicted octanol–water partition coefficient (Wildman–Crippen LogP) is 3.23. The van der Waals surface area contributed by atoms with Crippen molar-refractivity contribution in [1.29, 1.82) is 0 Å². The summed E-state index contributed by atoms with van der Waals surface area (Å²) in [6, 6.07) is 6.07. The number of aryl methyl sites for hydroxylation is 1. The Labute approximate surface area is 140 Å². The van der Waals surface area contributed by atoms with Crippen LogP contribution in [0.15, 0.2) is 24.3 Å². The van der Waals surface area contributed by atoms with Crippen LogP contribution in [0, 0.1) is 5.41 Å². The lowest BCUT2D eigenvalue weighted by Crippen LogP contribution is -2.42. The molecule has 0 heterocycles. The van der Waals surface area contributed by atoms with Gasteiger partial charge in [0.15, 0.2) is 0 Å². The summed E-state index contributed by atoms with van der Waals surface area (Å²) in [5.74, 6) is -1.09. The molecule has 24 heavy (non-hydrogen) atoms. The van der Waals surface area contributed by atoms with Crippen LogP contribution in [0.1, 0.15) is 38.7 Å². The fraction of sp³-hybridized carbons (Fsp3) is 0.529. The molecule has 2 N–H and O–H groups in total. The standard InChI is InChI=1S/C17H23F2NO4/c1-3-17(4-2,15(22)23)11-20-14(21)10-7-12-5-8-13(9-6-12)24-16(18)19/h5-6,8-9,16H,3-4,7,10-11H2,1-2H3,(H,20,21)(H,22,23). The fourth-order valence-corrected chi connectivity index (χ4v) is 2.33. The molecule has 0 aliphatic rings. The number of alkyl halides is 2. The van der Waals surface area contributed by atoms with E-state index < -0.39 is 18.0 Å². The molecular formula is C17H23F2NO4. The number of halogens is 2. The third-order valence-electron chi connectivity index (χ3n) is 4.22. The van der Waals surface area contributed by atoms with Crippen LogP contribution in [0.2, 0.25) is 0 Å². The van der Waals surface area contributed by atoms with E-state index in [4.69, 9.17) is 0 Å². The molecule has 7 heteroatoms. The molecule has 0 fully saturated rings. The van der Waals surface area contributed by atoms with E-state index in [2.05, 4.69) is 10.1 Å². The van der Waals surface area contributed by atoms with E-state index in [1.807, 2.05) is 0 Å². The normalized spacial score (nSPS) is 11.4. The van der Waals surface area contributed by atoms with Crippen molar-refractivity contribution in [3.05, 3.63) is 29.8 Å². The van der Waals surface area contributed by atoms with Crippen molar-refractivity contribution in [2.75, 3.05) is 6.54 Å². The Morgan fingerprint density at radius 3 is 2.25 bits per heavy atom. The van der Waals surface area contributed by atoms with Crippen LogP contribution in [0.3, 0.4) is 0 Å². The lowest BCUT2D eigenvalue weighted by atomic mass is 9.82. The summed E-state index contributed by atoms with van der Waals surface area (Å²) in [5.41, 5.74) is -0.133. The number of hydrogen-bond acceptors (Lipinski definition) is 3. The topological polar surface area (TPSA) is 75.6 Å². The van der Waals surface area contributed by atoms with Crippen molar-refractivity contribution < 1.29 is 28.2 Å². The average molecular weight is 343 g/mol. The molecule has 0 saturated carbocycles. The Hall–Kier alpha value is -2.18. The summed E-state index contributed by atoms with van der Waals surface area (Å²) in [7, 11) is 0. The number of carboxylic acid groups (broad SMARTS) is 1. The van der Waals surface area contributed by atoms with Crippen LogP contribution in [-0.4, -0.2) is 30.1 Å². The van der Waals surface area contributed by atoms with E-state index in [-0.39, 0.29) is 24.6 Å². The molecule has 1 aromatic rings. The highest BCUT2D eigenvalue weighted by molar-refractivity contribution is 5.79. The first-order valence-electron chi connectivity index (χ1n) is 7.87. The van der Waals surface area contributed by atoms with Gasteiger partial charge in [-0.05, 0) is 37.0 Å². The number of hydrogen-bond donors (Lipinski definition) is 2. The number of carbonyl (C=O) groups is 2. The average Bonchev–Trinajstić information content (AvgIpc) is 2.55. The van der Waals surface area contributed by atoms with Gasteiger partial charge < -0.3 is 15.2 Å². The van der Waals surface area contributed by atoms with E-state index in [0.717, 1.165) is 5.56 Å². The van der Waals surface area contributed by atoms with E-state index in [1.165, 1.54) is 12.1 Å². The van der Waals surface area contributed by atoms with E-state index in [0.29, 0.717) is 19.3 Å². The monoisotopic (exact) mass is 343 g/mol. The molecule has 5 nitrogen and oxygen atoms in total. The summed E-state index contributed by atoms with van der Waals surface area (Å²) in [6.07, 6.45) is 1.49. The third kappa shape index (κ3) is 5.79. The molecule has 134 valence electrons. The van der Waals surface area contributed by atoms with Gasteiger partial charge in [0.2, 0.25) is 5.91 Å². The van der Waals surface area contributed by atoms with Gasteiger partial charge in [0.25, 0.3) is 0 Å². The Kier molecular flexibility index (Phi) is 7.61. The summed E-state index contributed by atoms with van der Waals surface area (Å²) in [5, 5.41) is 12.0. The van der Waals surface area contributed by atoms with Crippen molar-refractivity contribution in [3.8, 4) is 5.75 Å². The Balaban J connectivity index is 2.47. The van der Waals surface area contributed by atoms with Gasteiger partial charge in [0.05, 0.1) is 5.41 Å². The lowest BCUT2D eigenvalue weighted by molar-refractivity contribution is -0.149. The molecule has 1 rings (SSSR count). The third-order valence-corrected chi connectivity index (χ3v) is 4.22. The summed E-state index contributed by atoms with van der Waals surface area (Å²) in [4.78, 5) is 23.3. The van der Waals surface area contributed by atoms with Gasteiger partial charge in [-0.25, -0.2) is 0 Å². The Morgan fingerprint density at radius 2 is 1.79 bits per heavy atom. The molecule has 0 spiro atoms. The number of rotatable bonds is 10. The number of benzene rings is 1. The fourth-order valence-electron chi connectivity index (χ4n) is 2.33. The molecule has 0 aliphatic heterocycles. The highest BCUT2D eigenvalue weighted by Crippen LogP contribution is 2.25. The molecule has 0 saturated heterocycles. The van der Waals surface area contributed by atoms with Crippen LogP contribution in [0.4, 0.5) is 8.78 Å². The maximum absolute atomic E-state index is 12.1. The van der Waals surface area contributed by atoms with Gasteiger partial charge in [-0.1, -0.05) is 26.0 Å². The molecule has 0 unspecified atom stereocenters. The molecule has 0 bridgehead atoms. The quantitative estimate of drug-likeness (QED) is 0.684. The maximum Gasteiger partial charge on any atom is 0.387 e. The van der Waals surface area contributed by atoms with Crippen molar-refractivity contribution >= 4 is 11.9 Å². The molecule has 0 radical (unpaired) electrons. The smallest absolute Gasteiger partial charge is 0.387 e. The van der Waals surface area contributed by atoms with Gasteiger partial charge in [-0.2, -0.15) is 8.78 Å². The van der Waals surface area contributed by atoms with Crippen molar-refractivity contribution in [3.63, 3.8) is 0 Å². The molecular weight excluding hydrogens is 320 g/mol. The van der Waals surface area contributed by atoms with Crippen LogP contribution in [-0.2, 0) is 16.0 Å². The van der Waals surface area contributed by atoms with Crippen molar-refractivity contribution in [2.45, 2.75) is 46.1 Å². The second kappa shape index (κ2) is 9.20. The van der Waals surface area contributed by atoms with Crippen LogP contribution in [0.25, 0.3) is 0 Å². The first-order valence-corrected chi connectivity index (χ1v) is 7.87. The second-order valence-electron chi connectivity index (χ2n) is 5.59. The minimum Gasteiger partial charge on any atom is -0.481 e. The molecule has 0 atom stereocenters. The number of ether oxygens (including phenoxy) is 1. The zero-order valence-electron chi connectivity index (χ0n) is 13.9.